The van der Waals surface area contributed by atoms with Crippen LogP contribution < -0.4 is 14.5 Å². The van der Waals surface area contributed by atoms with Crippen molar-refractivity contribution in [3.63, 3.8) is 0 Å². The van der Waals surface area contributed by atoms with Crippen molar-refractivity contribution in [2.75, 3.05) is 47.2 Å². The molecule has 1 aromatic heterocycles. The lowest BCUT2D eigenvalue weighted by atomic mass is 10.1. The summed E-state index contributed by atoms with van der Waals surface area (Å²) in [5.74, 6) is -0.995. The Balaban J connectivity index is 0.00000190. The molecule has 0 unspecified atom stereocenters. The Labute approximate surface area is 208 Å². The van der Waals surface area contributed by atoms with Gasteiger partial charge in [-0.3, -0.25) is 14.4 Å². The molecule has 0 aliphatic carbocycles. The van der Waals surface area contributed by atoms with Crippen molar-refractivity contribution < 1.29 is 24.8 Å². The molecule has 2 aromatic carbocycles. The molecule has 1 N–H and O–H groups in total. The van der Waals surface area contributed by atoms with E-state index >= 15 is 0 Å². The minimum atomic E-state index is -3.77. The summed E-state index contributed by atoms with van der Waals surface area (Å²) in [6.45, 7) is 2.61. The molecule has 3 aromatic rings. The molecule has 2 fully saturated rings. The standard InChI is InChI=1S/C23H23F2N5O3S2.2H2/c24-16-1-6-19(25)21(15-16)29-12-10-28(11-13-29)20-7-9-30(22(20)31)17-2-4-18(5-3-17)35(32,33)27-23-26-8-14-34-23;;/h1-6,8,14-15,20H,7,9-13H2,(H,26,27);2*1H/t20-;;/m0../s1. The summed E-state index contributed by atoms with van der Waals surface area (Å²) in [5, 5.41) is 1.96. The molecule has 2 aliphatic heterocycles. The number of nitrogens with zero attached hydrogens (tertiary/aromatic N) is 4. The van der Waals surface area contributed by atoms with E-state index < -0.39 is 21.7 Å². The van der Waals surface area contributed by atoms with Gasteiger partial charge in [0.2, 0.25) is 5.91 Å². The van der Waals surface area contributed by atoms with Crippen molar-refractivity contribution >= 4 is 43.8 Å². The number of hydrogen-bond donors (Lipinski definition) is 1. The fourth-order valence-corrected chi connectivity index (χ4v) is 6.30. The van der Waals surface area contributed by atoms with E-state index in [0.29, 0.717) is 44.8 Å². The molecular formula is C23H27F2N5O3S2. The number of thiazole rings is 1. The predicted molar refractivity (Wildman–Crippen MR) is 134 cm³/mol. The predicted octanol–water partition coefficient (Wildman–Crippen LogP) is 3.64. The maximum Gasteiger partial charge on any atom is 0.263 e. The highest BCUT2D eigenvalue weighted by Gasteiger charge is 2.38. The third-order valence-corrected chi connectivity index (χ3v) is 8.47. The summed E-state index contributed by atoms with van der Waals surface area (Å²) in [4.78, 5) is 22.7. The molecule has 1 atom stereocenters. The van der Waals surface area contributed by atoms with Crippen LogP contribution in [0.5, 0.6) is 0 Å². The third-order valence-electron chi connectivity index (χ3n) is 6.29. The summed E-state index contributed by atoms with van der Waals surface area (Å²) in [7, 11) is -3.77. The molecule has 0 saturated carbocycles. The number of amides is 1. The zero-order valence-electron chi connectivity index (χ0n) is 18.6. The number of benzene rings is 2. The Morgan fingerprint density at radius 3 is 2.46 bits per heavy atom. The molecule has 0 bridgehead atoms. The van der Waals surface area contributed by atoms with Gasteiger partial charge in [-0.25, -0.2) is 22.2 Å². The molecule has 12 heteroatoms. The molecule has 8 nitrogen and oxygen atoms in total. The second-order valence-electron chi connectivity index (χ2n) is 8.35. The van der Waals surface area contributed by atoms with Gasteiger partial charge < -0.3 is 9.80 Å². The average molecular weight is 524 g/mol. The highest BCUT2D eigenvalue weighted by molar-refractivity contribution is 7.93. The number of hydrogen-bond acceptors (Lipinski definition) is 7. The summed E-state index contributed by atoms with van der Waals surface area (Å²) >= 11 is 1.18. The van der Waals surface area contributed by atoms with Gasteiger partial charge >= 0.3 is 0 Å². The van der Waals surface area contributed by atoms with Crippen molar-refractivity contribution in [1.82, 2.24) is 9.88 Å². The van der Waals surface area contributed by atoms with Crippen LogP contribution in [0.2, 0.25) is 0 Å². The first-order valence-electron chi connectivity index (χ1n) is 11.1. The van der Waals surface area contributed by atoms with Crippen LogP contribution in [-0.2, 0) is 14.8 Å². The van der Waals surface area contributed by atoms with Gasteiger partial charge in [-0.2, -0.15) is 0 Å². The summed E-state index contributed by atoms with van der Waals surface area (Å²) in [6.07, 6.45) is 2.15. The molecule has 1 amide bonds. The van der Waals surface area contributed by atoms with Crippen LogP contribution in [0, 0.1) is 11.6 Å². The molecule has 2 saturated heterocycles. The summed E-state index contributed by atoms with van der Waals surface area (Å²) < 4.78 is 55.2. The van der Waals surface area contributed by atoms with E-state index in [0.717, 1.165) is 12.1 Å². The van der Waals surface area contributed by atoms with Crippen molar-refractivity contribution in [1.29, 1.82) is 0 Å². The smallest absolute Gasteiger partial charge is 0.263 e. The zero-order valence-corrected chi connectivity index (χ0v) is 20.2. The van der Waals surface area contributed by atoms with Gasteiger partial charge in [-0.15, -0.1) is 11.3 Å². The quantitative estimate of drug-likeness (QED) is 0.531. The van der Waals surface area contributed by atoms with Crippen molar-refractivity contribution in [2.45, 2.75) is 17.4 Å². The zero-order chi connectivity index (χ0) is 24.6. The summed E-state index contributed by atoms with van der Waals surface area (Å²) in [5.41, 5.74) is 0.870. The number of rotatable bonds is 6. The van der Waals surface area contributed by atoms with Gasteiger partial charge in [0, 0.05) is 58.9 Å². The van der Waals surface area contributed by atoms with E-state index in [1.165, 1.54) is 35.7 Å². The van der Waals surface area contributed by atoms with E-state index in [9.17, 15) is 22.0 Å². The molecule has 5 rings (SSSR count). The van der Waals surface area contributed by atoms with E-state index in [1.807, 2.05) is 0 Å². The Kier molecular flexibility index (Phi) is 6.43. The molecular weight excluding hydrogens is 496 g/mol. The Bertz CT molecular complexity index is 1320. The number of nitrogens with one attached hydrogen (secondary N) is 1. The topological polar surface area (TPSA) is 85.9 Å². The highest BCUT2D eigenvalue weighted by atomic mass is 32.2. The first-order valence-corrected chi connectivity index (χ1v) is 13.5. The van der Waals surface area contributed by atoms with Crippen molar-refractivity contribution in [3.8, 4) is 0 Å². The largest absolute Gasteiger partial charge is 0.367 e. The minimum Gasteiger partial charge on any atom is -0.367 e. The number of sulfonamides is 1. The monoisotopic (exact) mass is 523 g/mol. The van der Waals surface area contributed by atoms with Gasteiger partial charge in [0.05, 0.1) is 16.6 Å². The molecule has 3 heterocycles. The molecule has 2 aliphatic rings. The Morgan fingerprint density at radius 1 is 1.03 bits per heavy atom. The number of carbonyl (C=O) groups excluding carboxylic acids is 1. The van der Waals surface area contributed by atoms with E-state index in [-0.39, 0.29) is 30.5 Å². The molecule has 0 radical (unpaired) electrons. The van der Waals surface area contributed by atoms with Crippen LogP contribution in [-0.4, -0.2) is 63.0 Å². The van der Waals surface area contributed by atoms with E-state index in [1.54, 1.807) is 27.3 Å². The first-order chi connectivity index (χ1) is 16.8. The lowest BCUT2D eigenvalue weighted by Gasteiger charge is -2.38. The van der Waals surface area contributed by atoms with Gasteiger partial charge in [0.1, 0.15) is 11.6 Å². The number of halogens is 2. The third kappa shape index (κ3) is 4.86. The van der Waals surface area contributed by atoms with Crippen LogP contribution in [0.15, 0.2) is 58.9 Å². The van der Waals surface area contributed by atoms with Crippen LogP contribution >= 0.6 is 11.3 Å². The fraction of sp³-hybridized carbons (Fsp3) is 0.304. The lowest BCUT2D eigenvalue weighted by Crippen LogP contribution is -2.52. The molecule has 35 heavy (non-hydrogen) atoms. The van der Waals surface area contributed by atoms with Gasteiger partial charge in [0.25, 0.3) is 10.0 Å². The number of aromatic nitrogens is 1. The van der Waals surface area contributed by atoms with Crippen LogP contribution in [0.3, 0.4) is 0 Å². The van der Waals surface area contributed by atoms with Crippen molar-refractivity contribution in [3.05, 3.63) is 65.7 Å². The SMILES string of the molecule is O=C1[C@@H](N2CCN(c3cc(F)ccc3F)CC2)CCN1c1ccc(S(=O)(=O)Nc2nccs2)cc1.[HH].[HH]. The maximum atomic E-state index is 14.1. The Morgan fingerprint density at radius 2 is 1.77 bits per heavy atom. The molecule has 188 valence electrons. The van der Waals surface area contributed by atoms with Crippen LogP contribution in [0.25, 0.3) is 0 Å². The van der Waals surface area contributed by atoms with E-state index in [4.69, 9.17) is 0 Å². The van der Waals surface area contributed by atoms with E-state index in [2.05, 4.69) is 14.6 Å². The number of anilines is 3. The van der Waals surface area contributed by atoms with Gasteiger partial charge in [-0.1, -0.05) is 0 Å². The Hall–Kier alpha value is -3.09. The average Bonchev–Trinajstić information content (AvgIpc) is 3.50. The van der Waals surface area contributed by atoms with Gasteiger partial charge in [0.15, 0.2) is 5.13 Å². The van der Waals surface area contributed by atoms with Crippen molar-refractivity contribution in [2.24, 2.45) is 0 Å². The second kappa shape index (κ2) is 9.51. The number of piperazine rings is 1. The fourth-order valence-electron chi connectivity index (χ4n) is 4.52. The number of carbonyl (C=O) groups is 1. The molecule has 0 spiro atoms. The minimum absolute atomic E-state index is 0. The second-order valence-corrected chi connectivity index (χ2v) is 10.9. The normalized spacial score (nSPS) is 19.4. The van der Waals surface area contributed by atoms with Gasteiger partial charge in [-0.05, 0) is 42.8 Å². The lowest BCUT2D eigenvalue weighted by molar-refractivity contribution is -0.121. The summed E-state index contributed by atoms with van der Waals surface area (Å²) in [6, 6.07) is 9.31. The van der Waals surface area contributed by atoms with Crippen LogP contribution in [0.4, 0.5) is 25.3 Å². The maximum absolute atomic E-state index is 14.1. The first kappa shape index (κ1) is 23.6. The van der Waals surface area contributed by atoms with Crippen LogP contribution in [0.1, 0.15) is 9.27 Å². The highest BCUT2D eigenvalue weighted by Crippen LogP contribution is 2.28.